The lowest BCUT2D eigenvalue weighted by atomic mass is 10.2. The number of rotatable bonds is 10. The molecular formula is C17H19NO8. The summed E-state index contributed by atoms with van der Waals surface area (Å²) in [7, 11) is 0. The Hall–Kier alpha value is -3.36. The molecule has 1 rings (SSSR count). The van der Waals surface area contributed by atoms with Crippen molar-refractivity contribution < 1.29 is 38.9 Å². The number of nitrogens with zero attached hydrogens (tertiary/aromatic N) is 1. The van der Waals surface area contributed by atoms with Gasteiger partial charge in [-0.25, -0.2) is 9.59 Å². The van der Waals surface area contributed by atoms with Crippen LogP contribution in [0.15, 0.2) is 36.4 Å². The zero-order valence-corrected chi connectivity index (χ0v) is 14.1. The predicted octanol–water partition coefficient (Wildman–Crippen LogP) is 0.938. The summed E-state index contributed by atoms with van der Waals surface area (Å²) >= 11 is 0. The van der Waals surface area contributed by atoms with Crippen molar-refractivity contribution in [3.05, 3.63) is 42.0 Å². The molecule has 0 aliphatic heterocycles. The average molecular weight is 365 g/mol. The van der Waals surface area contributed by atoms with Crippen molar-refractivity contribution in [2.45, 2.75) is 6.92 Å². The summed E-state index contributed by atoms with van der Waals surface area (Å²) in [6.45, 7) is 3.67. The number of anilines is 1. The SMILES string of the molecule is C=C(C)C(=O)OCCOC(=O)c1ccc(N(CC(=O)O)CC(=O)O)cc1. The molecule has 0 aliphatic rings. The van der Waals surface area contributed by atoms with Gasteiger partial charge < -0.3 is 24.6 Å². The minimum absolute atomic E-state index is 0.111. The Kier molecular flexibility index (Phi) is 7.81. The molecule has 9 nitrogen and oxygen atoms in total. The molecule has 0 amide bonds. The number of carboxylic acid groups (broad SMARTS) is 2. The predicted molar refractivity (Wildman–Crippen MR) is 90.0 cm³/mol. The van der Waals surface area contributed by atoms with Gasteiger partial charge in [0.25, 0.3) is 0 Å². The number of ether oxygens (including phenoxy) is 2. The van der Waals surface area contributed by atoms with E-state index in [-0.39, 0.29) is 24.4 Å². The molecule has 0 radical (unpaired) electrons. The number of benzene rings is 1. The van der Waals surface area contributed by atoms with Crippen LogP contribution in [0.4, 0.5) is 5.69 Å². The Morgan fingerprint density at radius 3 is 1.92 bits per heavy atom. The molecule has 1 aromatic rings. The quantitative estimate of drug-likeness (QED) is 0.353. The number of carbonyl (C=O) groups excluding carboxylic acids is 2. The fourth-order valence-electron chi connectivity index (χ4n) is 1.85. The number of carboxylic acids is 2. The van der Waals surface area contributed by atoms with E-state index in [2.05, 4.69) is 6.58 Å². The van der Waals surface area contributed by atoms with Gasteiger partial charge in [-0.15, -0.1) is 0 Å². The Balaban J connectivity index is 2.62. The maximum Gasteiger partial charge on any atom is 0.338 e. The highest BCUT2D eigenvalue weighted by Crippen LogP contribution is 2.16. The third-order valence-corrected chi connectivity index (χ3v) is 3.02. The van der Waals surface area contributed by atoms with Crippen molar-refractivity contribution in [1.29, 1.82) is 0 Å². The Morgan fingerprint density at radius 2 is 1.46 bits per heavy atom. The number of esters is 2. The maximum absolute atomic E-state index is 11.9. The highest BCUT2D eigenvalue weighted by Gasteiger charge is 2.15. The zero-order valence-electron chi connectivity index (χ0n) is 14.1. The number of aliphatic carboxylic acids is 2. The molecule has 9 heteroatoms. The minimum atomic E-state index is -1.18. The Bertz CT molecular complexity index is 679. The molecule has 0 bridgehead atoms. The average Bonchev–Trinajstić information content (AvgIpc) is 2.57. The van der Waals surface area contributed by atoms with E-state index < -0.39 is 37.0 Å². The van der Waals surface area contributed by atoms with Gasteiger partial charge >= 0.3 is 23.9 Å². The van der Waals surface area contributed by atoms with Gasteiger partial charge in [-0.1, -0.05) is 6.58 Å². The first kappa shape index (κ1) is 20.7. The Morgan fingerprint density at radius 1 is 0.962 bits per heavy atom. The van der Waals surface area contributed by atoms with Gasteiger partial charge in [-0.05, 0) is 31.2 Å². The van der Waals surface area contributed by atoms with Crippen LogP contribution < -0.4 is 4.90 Å². The smallest absolute Gasteiger partial charge is 0.338 e. The largest absolute Gasteiger partial charge is 0.480 e. The monoisotopic (exact) mass is 365 g/mol. The summed E-state index contributed by atoms with van der Waals surface area (Å²) in [5, 5.41) is 17.7. The van der Waals surface area contributed by atoms with Gasteiger partial charge in [-0.2, -0.15) is 0 Å². The van der Waals surface area contributed by atoms with E-state index in [1.54, 1.807) is 0 Å². The van der Waals surface area contributed by atoms with Gasteiger partial charge in [0.1, 0.15) is 26.3 Å². The molecule has 0 fully saturated rings. The fourth-order valence-corrected chi connectivity index (χ4v) is 1.85. The summed E-state index contributed by atoms with van der Waals surface area (Å²) in [4.78, 5) is 45.8. The normalized spacial score (nSPS) is 9.88. The lowest BCUT2D eigenvalue weighted by molar-refractivity contribution is -0.140. The molecule has 0 saturated heterocycles. The van der Waals surface area contributed by atoms with Gasteiger partial charge in [0.2, 0.25) is 0 Å². The maximum atomic E-state index is 11.9. The summed E-state index contributed by atoms with van der Waals surface area (Å²) in [5.74, 6) is -3.61. The molecule has 0 atom stereocenters. The van der Waals surface area contributed by atoms with Crippen LogP contribution in [0, 0.1) is 0 Å². The van der Waals surface area contributed by atoms with Crippen LogP contribution >= 0.6 is 0 Å². The van der Waals surface area contributed by atoms with Crippen LogP contribution in [0.5, 0.6) is 0 Å². The summed E-state index contributed by atoms with van der Waals surface area (Å²) in [6.07, 6.45) is 0. The second kappa shape index (κ2) is 9.82. The lowest BCUT2D eigenvalue weighted by Gasteiger charge is -2.20. The second-order valence-corrected chi connectivity index (χ2v) is 5.24. The third kappa shape index (κ3) is 7.04. The molecule has 26 heavy (non-hydrogen) atoms. The van der Waals surface area contributed by atoms with Crippen molar-refractivity contribution in [1.82, 2.24) is 0 Å². The van der Waals surface area contributed by atoms with E-state index >= 15 is 0 Å². The molecule has 0 spiro atoms. The lowest BCUT2D eigenvalue weighted by Crippen LogP contribution is -2.34. The van der Waals surface area contributed by atoms with E-state index in [9.17, 15) is 19.2 Å². The first-order valence-corrected chi connectivity index (χ1v) is 7.49. The zero-order chi connectivity index (χ0) is 19.7. The molecule has 0 unspecified atom stereocenters. The van der Waals surface area contributed by atoms with Crippen LogP contribution in [0.2, 0.25) is 0 Å². The van der Waals surface area contributed by atoms with Gasteiger partial charge in [0, 0.05) is 11.3 Å². The first-order chi connectivity index (χ1) is 12.2. The van der Waals surface area contributed by atoms with Crippen molar-refractivity contribution in [2.75, 3.05) is 31.2 Å². The van der Waals surface area contributed by atoms with Crippen molar-refractivity contribution in [3.63, 3.8) is 0 Å². The van der Waals surface area contributed by atoms with E-state index in [0.717, 1.165) is 4.90 Å². The van der Waals surface area contributed by atoms with Crippen LogP contribution in [0.25, 0.3) is 0 Å². The topological polar surface area (TPSA) is 130 Å². The molecular weight excluding hydrogens is 346 g/mol. The highest BCUT2D eigenvalue weighted by atomic mass is 16.6. The third-order valence-electron chi connectivity index (χ3n) is 3.02. The van der Waals surface area contributed by atoms with Crippen molar-refractivity contribution in [3.8, 4) is 0 Å². The van der Waals surface area contributed by atoms with E-state index in [4.69, 9.17) is 19.7 Å². The summed E-state index contributed by atoms with van der Waals surface area (Å²) in [6, 6.07) is 5.61. The van der Waals surface area contributed by atoms with E-state index in [1.165, 1.54) is 31.2 Å². The van der Waals surface area contributed by atoms with Crippen molar-refractivity contribution >= 4 is 29.6 Å². The molecule has 0 aromatic heterocycles. The van der Waals surface area contributed by atoms with Crippen LogP contribution in [0.3, 0.4) is 0 Å². The van der Waals surface area contributed by atoms with Gasteiger partial charge in [-0.3, -0.25) is 9.59 Å². The minimum Gasteiger partial charge on any atom is -0.480 e. The van der Waals surface area contributed by atoms with Gasteiger partial charge in [0.15, 0.2) is 0 Å². The molecule has 1 aromatic carbocycles. The molecule has 2 N–H and O–H groups in total. The van der Waals surface area contributed by atoms with E-state index in [0.29, 0.717) is 5.69 Å². The number of hydrogen-bond donors (Lipinski definition) is 2. The summed E-state index contributed by atoms with van der Waals surface area (Å²) < 4.78 is 9.72. The van der Waals surface area contributed by atoms with E-state index in [1.807, 2.05) is 0 Å². The van der Waals surface area contributed by atoms with Gasteiger partial charge in [0.05, 0.1) is 5.56 Å². The molecule has 0 heterocycles. The molecule has 0 saturated carbocycles. The standard InChI is InChI=1S/C17H19NO8/c1-11(2)16(23)25-7-8-26-17(24)12-3-5-13(6-4-12)18(9-14(19)20)10-15(21)22/h3-6H,1,7-10H2,2H3,(H,19,20)(H,21,22). The molecule has 0 aliphatic carbocycles. The fraction of sp³-hybridized carbons (Fsp3) is 0.294. The van der Waals surface area contributed by atoms with Crippen LogP contribution in [0.1, 0.15) is 17.3 Å². The Labute approximate surface area is 149 Å². The van der Waals surface area contributed by atoms with Crippen LogP contribution in [-0.4, -0.2) is 60.4 Å². The number of carbonyl (C=O) groups is 4. The highest BCUT2D eigenvalue weighted by molar-refractivity contribution is 5.90. The number of hydrogen-bond acceptors (Lipinski definition) is 7. The van der Waals surface area contributed by atoms with Crippen LogP contribution in [-0.2, 0) is 23.9 Å². The summed E-state index contributed by atoms with van der Waals surface area (Å²) in [5.41, 5.74) is 0.756. The van der Waals surface area contributed by atoms with Crippen molar-refractivity contribution in [2.24, 2.45) is 0 Å². The molecule has 140 valence electrons. The first-order valence-electron chi connectivity index (χ1n) is 7.49. The second-order valence-electron chi connectivity index (χ2n) is 5.24.